The van der Waals surface area contributed by atoms with Crippen molar-refractivity contribution in [3.63, 3.8) is 0 Å². The Labute approximate surface area is 93.0 Å². The van der Waals surface area contributed by atoms with E-state index in [2.05, 4.69) is 4.74 Å². The standard InChI is InChI=1S/C5H10N2O4.Na.H/c6-2-1-3(7)11-5(10)4(8)9;;/h3H,1-2,6-7H2,(H,8,9);;/q;+1;-1. The van der Waals surface area contributed by atoms with Gasteiger partial charge in [-0.05, 0) is 6.54 Å². The van der Waals surface area contributed by atoms with E-state index in [0.29, 0.717) is 0 Å². The van der Waals surface area contributed by atoms with Crippen LogP contribution < -0.4 is 41.0 Å². The van der Waals surface area contributed by atoms with Crippen molar-refractivity contribution in [2.75, 3.05) is 6.54 Å². The number of carbonyl (C=O) groups excluding carboxylic acids is 1. The molecule has 0 aromatic rings. The summed E-state index contributed by atoms with van der Waals surface area (Å²) in [5.41, 5.74) is 10.2. The summed E-state index contributed by atoms with van der Waals surface area (Å²) in [7, 11) is 0. The third-order valence-corrected chi connectivity index (χ3v) is 0.884. The summed E-state index contributed by atoms with van der Waals surface area (Å²) in [6.07, 6.45) is -0.678. The number of ether oxygens (including phenoxy) is 1. The van der Waals surface area contributed by atoms with Gasteiger partial charge in [-0.15, -0.1) is 0 Å². The third-order valence-electron chi connectivity index (χ3n) is 0.884. The maximum atomic E-state index is 10.3. The number of carboxylic acid groups (broad SMARTS) is 1. The number of aliphatic carboxylic acids is 1. The summed E-state index contributed by atoms with van der Waals surface area (Å²) in [5, 5.41) is 8.04. The first-order chi connectivity index (χ1) is 5.07. The molecule has 0 aliphatic carbocycles. The van der Waals surface area contributed by atoms with Crippen LogP contribution >= 0.6 is 0 Å². The number of rotatable bonds is 3. The first-order valence-corrected chi connectivity index (χ1v) is 2.97. The minimum Gasteiger partial charge on any atom is -1.00 e. The molecule has 0 aliphatic heterocycles. The summed E-state index contributed by atoms with van der Waals surface area (Å²) in [5.74, 6) is -3.01. The van der Waals surface area contributed by atoms with Crippen LogP contribution in [0.15, 0.2) is 0 Å². The summed E-state index contributed by atoms with van der Waals surface area (Å²) >= 11 is 0. The number of carbonyl (C=O) groups is 2. The molecule has 1 unspecified atom stereocenters. The van der Waals surface area contributed by atoms with Gasteiger partial charge >= 0.3 is 41.5 Å². The van der Waals surface area contributed by atoms with Gasteiger partial charge in [-0.1, -0.05) is 0 Å². The maximum absolute atomic E-state index is 10.3. The normalized spacial score (nSPS) is 11.2. The zero-order valence-corrected chi connectivity index (χ0v) is 8.82. The van der Waals surface area contributed by atoms with Crippen molar-refractivity contribution in [3.8, 4) is 0 Å². The molecule has 0 saturated carbocycles. The zero-order chi connectivity index (χ0) is 8.85. The first-order valence-electron chi connectivity index (χ1n) is 2.97. The van der Waals surface area contributed by atoms with Gasteiger partial charge in [0.25, 0.3) is 0 Å². The largest absolute Gasteiger partial charge is 1.00 e. The average molecular weight is 186 g/mol. The van der Waals surface area contributed by atoms with E-state index in [1.165, 1.54) is 0 Å². The van der Waals surface area contributed by atoms with Crippen molar-refractivity contribution in [3.05, 3.63) is 0 Å². The number of hydrogen-bond donors (Lipinski definition) is 3. The average Bonchev–Trinajstić information content (AvgIpc) is 1.87. The predicted octanol–water partition coefficient (Wildman–Crippen LogP) is -4.64. The Morgan fingerprint density at radius 2 is 2.08 bits per heavy atom. The van der Waals surface area contributed by atoms with E-state index < -0.39 is 18.2 Å². The molecule has 5 N–H and O–H groups in total. The van der Waals surface area contributed by atoms with Crippen LogP contribution in [0.2, 0.25) is 0 Å². The van der Waals surface area contributed by atoms with Crippen molar-refractivity contribution in [2.24, 2.45) is 11.5 Å². The molecule has 0 bridgehead atoms. The second-order valence-corrected chi connectivity index (χ2v) is 1.83. The molecule has 0 aromatic carbocycles. The Morgan fingerprint density at radius 1 is 1.58 bits per heavy atom. The smallest absolute Gasteiger partial charge is 1.00 e. The Morgan fingerprint density at radius 3 is 2.42 bits per heavy atom. The first kappa shape index (κ1) is 14.4. The van der Waals surface area contributed by atoms with Gasteiger partial charge in [0.1, 0.15) is 0 Å². The zero-order valence-electron chi connectivity index (χ0n) is 7.82. The second kappa shape index (κ2) is 7.51. The van der Waals surface area contributed by atoms with E-state index in [4.69, 9.17) is 16.6 Å². The molecule has 0 saturated heterocycles. The van der Waals surface area contributed by atoms with Gasteiger partial charge in [-0.2, -0.15) is 0 Å². The number of esters is 1. The van der Waals surface area contributed by atoms with Gasteiger partial charge in [0.2, 0.25) is 0 Å². The molecule has 0 amide bonds. The fourth-order valence-corrected chi connectivity index (χ4v) is 0.411. The van der Waals surface area contributed by atoms with E-state index in [0.717, 1.165) is 0 Å². The molecule has 0 rings (SSSR count). The van der Waals surface area contributed by atoms with Crippen molar-refractivity contribution < 1.29 is 50.4 Å². The number of carboxylic acids is 1. The van der Waals surface area contributed by atoms with Gasteiger partial charge < -0.3 is 17.0 Å². The Kier molecular flexibility index (Phi) is 9.00. The molecule has 0 radical (unpaired) electrons. The van der Waals surface area contributed by atoms with E-state index >= 15 is 0 Å². The minimum atomic E-state index is -1.66. The van der Waals surface area contributed by atoms with Crippen molar-refractivity contribution in [1.29, 1.82) is 0 Å². The number of nitrogens with two attached hydrogens (primary N) is 2. The SMILES string of the molecule is NCCC(N)OC(=O)C(=O)O.[H-].[Na+]. The van der Waals surface area contributed by atoms with Crippen LogP contribution in [0.3, 0.4) is 0 Å². The van der Waals surface area contributed by atoms with Gasteiger partial charge in [-0.25, -0.2) is 9.59 Å². The predicted molar refractivity (Wildman–Crippen MR) is 36.5 cm³/mol. The summed E-state index contributed by atoms with van der Waals surface area (Å²) in [4.78, 5) is 20.2. The molecule has 1 atom stereocenters. The van der Waals surface area contributed by atoms with Crippen molar-refractivity contribution in [1.82, 2.24) is 0 Å². The van der Waals surface area contributed by atoms with Crippen LogP contribution in [0, 0.1) is 0 Å². The van der Waals surface area contributed by atoms with Gasteiger partial charge in [0, 0.05) is 6.42 Å². The van der Waals surface area contributed by atoms with Crippen LogP contribution in [0.5, 0.6) is 0 Å². The van der Waals surface area contributed by atoms with Crippen LogP contribution in [-0.2, 0) is 14.3 Å². The molecular weight excluding hydrogens is 175 g/mol. The van der Waals surface area contributed by atoms with Crippen LogP contribution in [-0.4, -0.2) is 29.8 Å². The molecule has 0 fully saturated rings. The van der Waals surface area contributed by atoms with Crippen molar-refractivity contribution in [2.45, 2.75) is 12.6 Å². The summed E-state index contributed by atoms with van der Waals surface area (Å²) in [6.45, 7) is 0.244. The Bertz CT molecular complexity index is 169. The summed E-state index contributed by atoms with van der Waals surface area (Å²) in [6, 6.07) is 0. The second-order valence-electron chi connectivity index (χ2n) is 1.83. The monoisotopic (exact) mass is 186 g/mol. The Balaban J connectivity index is -0.000000500. The summed E-state index contributed by atoms with van der Waals surface area (Å²) < 4.78 is 4.21. The van der Waals surface area contributed by atoms with Gasteiger partial charge in [0.05, 0.1) is 0 Å². The fraction of sp³-hybridized carbons (Fsp3) is 0.600. The van der Waals surface area contributed by atoms with Crippen LogP contribution in [0.1, 0.15) is 7.85 Å². The van der Waals surface area contributed by atoms with E-state index in [9.17, 15) is 9.59 Å². The molecule has 0 aliphatic rings. The number of hydrogen-bond acceptors (Lipinski definition) is 5. The molecule has 0 spiro atoms. The molecule has 12 heavy (non-hydrogen) atoms. The van der Waals surface area contributed by atoms with E-state index in [-0.39, 0.29) is 43.9 Å². The van der Waals surface area contributed by atoms with Crippen LogP contribution in [0.4, 0.5) is 0 Å². The van der Waals surface area contributed by atoms with Crippen molar-refractivity contribution >= 4 is 11.9 Å². The Hall–Kier alpha value is -0.140. The maximum Gasteiger partial charge on any atom is 1.00 e. The molecule has 6 nitrogen and oxygen atoms in total. The molecule has 0 heterocycles. The van der Waals surface area contributed by atoms with Crippen LogP contribution in [0.25, 0.3) is 0 Å². The molecule has 0 aromatic heterocycles. The molecule has 66 valence electrons. The third kappa shape index (κ3) is 6.56. The van der Waals surface area contributed by atoms with E-state index in [1.54, 1.807) is 0 Å². The fourth-order valence-electron chi connectivity index (χ4n) is 0.411. The minimum absolute atomic E-state index is 0. The topological polar surface area (TPSA) is 116 Å². The van der Waals surface area contributed by atoms with E-state index in [1.807, 2.05) is 0 Å². The molecule has 7 heteroatoms. The van der Waals surface area contributed by atoms with Gasteiger partial charge in [0.15, 0.2) is 6.23 Å². The quantitative estimate of drug-likeness (QED) is 0.177. The van der Waals surface area contributed by atoms with Gasteiger partial charge in [-0.3, -0.25) is 5.73 Å². The molecular formula is C5H11N2NaO4.